The van der Waals surface area contributed by atoms with E-state index in [0.717, 1.165) is 50.1 Å². The summed E-state index contributed by atoms with van der Waals surface area (Å²) >= 11 is 0. The highest BCUT2D eigenvalue weighted by molar-refractivity contribution is 5.96. The lowest BCUT2D eigenvalue weighted by Crippen LogP contribution is -2.38. The molecule has 0 aliphatic carbocycles. The van der Waals surface area contributed by atoms with Crippen LogP contribution >= 0.6 is 0 Å². The molecule has 1 aliphatic heterocycles. The fourth-order valence-corrected chi connectivity index (χ4v) is 3.38. The van der Waals surface area contributed by atoms with Gasteiger partial charge in [-0.3, -0.25) is 4.79 Å². The summed E-state index contributed by atoms with van der Waals surface area (Å²) in [6.07, 6.45) is 8.35. The molecule has 0 spiro atoms. The number of imidazole rings is 1. The van der Waals surface area contributed by atoms with Crippen LogP contribution in [0, 0.1) is 12.8 Å². The van der Waals surface area contributed by atoms with Crippen LogP contribution in [-0.4, -0.2) is 46.0 Å². The molecule has 2 aromatic rings. The number of hydrogen-bond acceptors (Lipinski definition) is 3. The van der Waals surface area contributed by atoms with Crippen LogP contribution in [0.5, 0.6) is 0 Å². The summed E-state index contributed by atoms with van der Waals surface area (Å²) in [5.41, 5.74) is 2.28. The van der Waals surface area contributed by atoms with Gasteiger partial charge in [0.1, 0.15) is 0 Å². The Morgan fingerprint density at radius 1 is 1.25 bits per heavy atom. The molecule has 3 amide bonds. The molecule has 3 rings (SSSR count). The van der Waals surface area contributed by atoms with Crippen molar-refractivity contribution in [2.24, 2.45) is 5.92 Å². The van der Waals surface area contributed by atoms with Crippen LogP contribution in [0.15, 0.2) is 36.9 Å². The van der Waals surface area contributed by atoms with Gasteiger partial charge in [0.15, 0.2) is 0 Å². The first-order valence-corrected chi connectivity index (χ1v) is 9.93. The average molecular weight is 383 g/mol. The van der Waals surface area contributed by atoms with E-state index in [1.54, 1.807) is 24.7 Å². The van der Waals surface area contributed by atoms with Gasteiger partial charge >= 0.3 is 6.03 Å². The second-order valence-corrected chi connectivity index (χ2v) is 7.54. The lowest BCUT2D eigenvalue weighted by molar-refractivity contribution is 0.0697. The summed E-state index contributed by atoms with van der Waals surface area (Å²) in [5.74, 6) is 0.765. The maximum atomic E-state index is 12.7. The number of nitrogens with zero attached hydrogens (tertiary/aromatic N) is 3. The number of rotatable bonds is 6. The number of urea groups is 1. The Morgan fingerprint density at radius 3 is 2.71 bits per heavy atom. The van der Waals surface area contributed by atoms with Gasteiger partial charge in [0.05, 0.1) is 6.33 Å². The van der Waals surface area contributed by atoms with Crippen LogP contribution in [0.2, 0.25) is 0 Å². The van der Waals surface area contributed by atoms with E-state index in [-0.39, 0.29) is 11.9 Å². The van der Waals surface area contributed by atoms with Crippen molar-refractivity contribution in [3.63, 3.8) is 0 Å². The molecule has 0 saturated carbocycles. The quantitative estimate of drug-likeness (QED) is 0.752. The second-order valence-electron chi connectivity index (χ2n) is 7.54. The Kier molecular flexibility index (Phi) is 6.68. The molecule has 0 bridgehead atoms. The number of likely N-dealkylation sites (tertiary alicyclic amines) is 1. The number of amides is 3. The summed E-state index contributed by atoms with van der Waals surface area (Å²) in [6, 6.07) is 5.22. The third-order valence-corrected chi connectivity index (χ3v) is 5.23. The van der Waals surface area contributed by atoms with Crippen molar-refractivity contribution in [1.82, 2.24) is 19.8 Å². The summed E-state index contributed by atoms with van der Waals surface area (Å²) in [4.78, 5) is 30.7. The summed E-state index contributed by atoms with van der Waals surface area (Å²) in [7, 11) is 0. The van der Waals surface area contributed by atoms with Crippen LogP contribution in [0.25, 0.3) is 0 Å². The Morgan fingerprint density at radius 2 is 2.04 bits per heavy atom. The van der Waals surface area contributed by atoms with E-state index < -0.39 is 0 Å². The van der Waals surface area contributed by atoms with Crippen molar-refractivity contribution in [2.75, 3.05) is 25.0 Å². The Labute approximate surface area is 166 Å². The topological polar surface area (TPSA) is 79.3 Å². The zero-order chi connectivity index (χ0) is 19.9. The van der Waals surface area contributed by atoms with Crippen molar-refractivity contribution in [3.05, 3.63) is 48.0 Å². The molecular weight excluding hydrogens is 354 g/mol. The lowest BCUT2D eigenvalue weighted by Gasteiger charge is -2.30. The Bertz CT molecular complexity index is 795. The summed E-state index contributed by atoms with van der Waals surface area (Å²) in [6.45, 7) is 7.17. The van der Waals surface area contributed by atoms with Gasteiger partial charge in [0.25, 0.3) is 5.91 Å². The molecule has 0 radical (unpaired) electrons. The van der Waals surface area contributed by atoms with Gasteiger partial charge in [-0.15, -0.1) is 0 Å². The van der Waals surface area contributed by atoms with Gasteiger partial charge in [0.2, 0.25) is 0 Å². The molecule has 0 atom stereocenters. The monoisotopic (exact) mass is 383 g/mol. The predicted octanol–water partition coefficient (Wildman–Crippen LogP) is 3.28. The number of nitrogens with one attached hydrogen (secondary N) is 2. The van der Waals surface area contributed by atoms with Gasteiger partial charge in [-0.1, -0.05) is 6.92 Å². The zero-order valence-electron chi connectivity index (χ0n) is 16.6. The van der Waals surface area contributed by atoms with Gasteiger partial charge in [-0.2, -0.15) is 0 Å². The van der Waals surface area contributed by atoms with E-state index in [4.69, 9.17) is 0 Å². The summed E-state index contributed by atoms with van der Waals surface area (Å²) < 4.78 is 1.97. The van der Waals surface area contributed by atoms with Crippen LogP contribution < -0.4 is 10.6 Å². The highest BCUT2D eigenvalue weighted by Gasteiger charge is 2.21. The van der Waals surface area contributed by atoms with E-state index in [1.165, 1.54) is 0 Å². The van der Waals surface area contributed by atoms with Crippen molar-refractivity contribution < 1.29 is 9.59 Å². The van der Waals surface area contributed by atoms with Gasteiger partial charge < -0.3 is 20.1 Å². The molecular formula is C21H29N5O2. The van der Waals surface area contributed by atoms with E-state index >= 15 is 0 Å². The van der Waals surface area contributed by atoms with Gasteiger partial charge in [0, 0.05) is 49.8 Å². The molecule has 1 saturated heterocycles. The molecule has 7 nitrogen and oxygen atoms in total. The number of aryl methyl sites for hydroxylation is 2. The largest absolute Gasteiger partial charge is 0.339 e. The maximum absolute atomic E-state index is 12.7. The fourth-order valence-electron chi connectivity index (χ4n) is 3.38. The number of aromatic nitrogens is 2. The zero-order valence-corrected chi connectivity index (χ0v) is 16.6. The Hall–Kier alpha value is -2.83. The third kappa shape index (κ3) is 5.34. The first kappa shape index (κ1) is 19.9. The van der Waals surface area contributed by atoms with Crippen LogP contribution in [-0.2, 0) is 6.54 Å². The van der Waals surface area contributed by atoms with E-state index in [1.807, 2.05) is 28.7 Å². The molecule has 28 heavy (non-hydrogen) atoms. The first-order chi connectivity index (χ1) is 13.5. The number of anilines is 1. The van der Waals surface area contributed by atoms with Crippen molar-refractivity contribution in [1.29, 1.82) is 0 Å². The van der Waals surface area contributed by atoms with Crippen molar-refractivity contribution >= 4 is 17.6 Å². The van der Waals surface area contributed by atoms with Crippen molar-refractivity contribution in [3.8, 4) is 0 Å². The smallest absolute Gasteiger partial charge is 0.319 e. The van der Waals surface area contributed by atoms with E-state index in [9.17, 15) is 9.59 Å². The molecule has 2 N–H and O–H groups in total. The Balaban J connectivity index is 1.48. The number of carbonyl (C=O) groups is 2. The predicted molar refractivity (Wildman–Crippen MR) is 109 cm³/mol. The number of benzene rings is 1. The van der Waals surface area contributed by atoms with Gasteiger partial charge in [-0.25, -0.2) is 9.78 Å². The average Bonchev–Trinajstić information content (AvgIpc) is 3.20. The molecule has 150 valence electrons. The molecule has 1 aromatic heterocycles. The van der Waals surface area contributed by atoms with Crippen LogP contribution in [0.1, 0.15) is 42.1 Å². The molecule has 1 aromatic carbocycles. The standard InChI is InChI=1S/C21H29N5O2/c1-16-6-11-26(12-7-16)20(27)18-4-5-19(17(2)14-18)24-21(28)23-8-3-10-25-13-9-22-15-25/h4-5,9,13-16H,3,6-8,10-12H2,1-2H3,(H2,23,24,28). The highest BCUT2D eigenvalue weighted by Crippen LogP contribution is 2.21. The molecule has 1 fully saturated rings. The van der Waals surface area contributed by atoms with Crippen LogP contribution in [0.3, 0.4) is 0 Å². The van der Waals surface area contributed by atoms with Crippen LogP contribution in [0.4, 0.5) is 10.5 Å². The lowest BCUT2D eigenvalue weighted by atomic mass is 9.98. The molecule has 0 unspecified atom stereocenters. The SMILES string of the molecule is Cc1cc(C(=O)N2CCC(C)CC2)ccc1NC(=O)NCCCn1ccnc1. The highest BCUT2D eigenvalue weighted by atomic mass is 16.2. The summed E-state index contributed by atoms with van der Waals surface area (Å²) in [5, 5.41) is 5.72. The van der Waals surface area contributed by atoms with E-state index in [2.05, 4.69) is 22.5 Å². The molecule has 1 aliphatic rings. The minimum atomic E-state index is -0.238. The van der Waals surface area contributed by atoms with E-state index in [0.29, 0.717) is 18.0 Å². The number of carbonyl (C=O) groups excluding carboxylic acids is 2. The molecule has 2 heterocycles. The van der Waals surface area contributed by atoms with Gasteiger partial charge in [-0.05, 0) is 55.9 Å². The third-order valence-electron chi connectivity index (χ3n) is 5.23. The second kappa shape index (κ2) is 9.39. The maximum Gasteiger partial charge on any atom is 0.319 e. The van der Waals surface area contributed by atoms with Crippen molar-refractivity contribution in [2.45, 2.75) is 39.7 Å². The normalized spacial score (nSPS) is 14.7. The molecule has 7 heteroatoms. The number of hydrogen-bond donors (Lipinski definition) is 2. The fraction of sp³-hybridized carbons (Fsp3) is 0.476. The minimum absolute atomic E-state index is 0.0745. The minimum Gasteiger partial charge on any atom is -0.339 e. The first-order valence-electron chi connectivity index (χ1n) is 9.93. The number of piperidine rings is 1.